The molecule has 2 rings (SSSR count). The van der Waals surface area contributed by atoms with Crippen LogP contribution in [0.3, 0.4) is 0 Å². The number of aliphatic hydroxyl groups excluding tert-OH is 1. The van der Waals surface area contributed by atoms with Crippen molar-refractivity contribution in [3.8, 4) is 0 Å². The third-order valence-electron chi connectivity index (χ3n) is 4.72. The number of halogens is 1. The average Bonchev–Trinajstić information content (AvgIpc) is 2.83. The van der Waals surface area contributed by atoms with Crippen molar-refractivity contribution in [2.75, 3.05) is 18.0 Å². The Balaban J connectivity index is 2.34. The van der Waals surface area contributed by atoms with Crippen molar-refractivity contribution in [2.45, 2.75) is 46.1 Å². The fraction of sp³-hybridized carbons (Fsp3) is 0.625. The van der Waals surface area contributed by atoms with Gasteiger partial charge in [0.05, 0.1) is 11.8 Å². The van der Waals surface area contributed by atoms with E-state index in [-0.39, 0.29) is 5.82 Å². The van der Waals surface area contributed by atoms with E-state index in [4.69, 9.17) is 0 Å². The van der Waals surface area contributed by atoms with E-state index < -0.39 is 6.10 Å². The van der Waals surface area contributed by atoms with Crippen LogP contribution in [0.25, 0.3) is 0 Å². The molecule has 19 heavy (non-hydrogen) atoms. The second-order valence-corrected chi connectivity index (χ2v) is 5.73. The Labute approximate surface area is 115 Å². The number of hydrogen-bond acceptors (Lipinski definition) is 2. The molecule has 0 radical (unpaired) electrons. The summed E-state index contributed by atoms with van der Waals surface area (Å²) in [6.45, 7) is 7.89. The molecule has 0 saturated carbocycles. The van der Waals surface area contributed by atoms with Crippen LogP contribution in [0.15, 0.2) is 18.2 Å². The van der Waals surface area contributed by atoms with Crippen LogP contribution in [0.1, 0.15) is 51.7 Å². The molecule has 2 nitrogen and oxygen atoms in total. The maximum Gasteiger partial charge on any atom is 0.146 e. The first-order valence-corrected chi connectivity index (χ1v) is 7.24. The van der Waals surface area contributed by atoms with Gasteiger partial charge >= 0.3 is 0 Å². The van der Waals surface area contributed by atoms with Gasteiger partial charge in [-0.1, -0.05) is 26.0 Å². The topological polar surface area (TPSA) is 23.5 Å². The van der Waals surface area contributed by atoms with E-state index in [1.807, 2.05) is 6.07 Å². The largest absolute Gasteiger partial charge is 0.389 e. The van der Waals surface area contributed by atoms with Gasteiger partial charge in [-0.15, -0.1) is 0 Å². The fourth-order valence-electron chi connectivity index (χ4n) is 3.16. The number of rotatable bonds is 4. The molecule has 0 aromatic heterocycles. The summed E-state index contributed by atoms with van der Waals surface area (Å²) in [5, 5.41) is 9.84. The predicted molar refractivity (Wildman–Crippen MR) is 76.9 cm³/mol. The van der Waals surface area contributed by atoms with Crippen molar-refractivity contribution < 1.29 is 9.50 Å². The minimum absolute atomic E-state index is 0.221. The molecular formula is C16H24FNO. The number of nitrogens with zero attached hydrogens (tertiary/aromatic N) is 1. The van der Waals surface area contributed by atoms with E-state index in [9.17, 15) is 9.50 Å². The third kappa shape index (κ3) is 2.62. The van der Waals surface area contributed by atoms with Gasteiger partial charge in [-0.05, 0) is 37.7 Å². The highest BCUT2D eigenvalue weighted by molar-refractivity contribution is 5.56. The number of benzene rings is 1. The van der Waals surface area contributed by atoms with E-state index in [1.54, 1.807) is 13.0 Å². The second-order valence-electron chi connectivity index (χ2n) is 5.73. The summed E-state index contributed by atoms with van der Waals surface area (Å²) in [5.74, 6) is -0.221. The molecule has 0 amide bonds. The lowest BCUT2D eigenvalue weighted by Gasteiger charge is -2.29. The highest BCUT2D eigenvalue weighted by atomic mass is 19.1. The minimum Gasteiger partial charge on any atom is -0.389 e. The summed E-state index contributed by atoms with van der Waals surface area (Å²) in [7, 11) is 0. The first-order chi connectivity index (χ1) is 9.03. The van der Waals surface area contributed by atoms with Crippen molar-refractivity contribution in [3.63, 3.8) is 0 Å². The molecule has 0 spiro atoms. The molecule has 1 N–H and O–H groups in total. The first kappa shape index (κ1) is 14.3. The normalized spacial score (nSPS) is 19.7. The van der Waals surface area contributed by atoms with Crippen LogP contribution in [-0.4, -0.2) is 18.2 Å². The Hall–Kier alpha value is -1.09. The van der Waals surface area contributed by atoms with E-state index in [0.29, 0.717) is 16.7 Å². The highest BCUT2D eigenvalue weighted by Gasteiger charge is 2.36. The monoisotopic (exact) mass is 265 g/mol. The summed E-state index contributed by atoms with van der Waals surface area (Å²) in [4.78, 5) is 2.12. The van der Waals surface area contributed by atoms with Gasteiger partial charge in [0.25, 0.3) is 0 Å². The number of anilines is 1. The smallest absolute Gasteiger partial charge is 0.146 e. The van der Waals surface area contributed by atoms with Crippen molar-refractivity contribution in [2.24, 2.45) is 5.41 Å². The summed E-state index contributed by atoms with van der Waals surface area (Å²) in [6.07, 6.45) is 2.72. The summed E-state index contributed by atoms with van der Waals surface area (Å²) < 4.78 is 14.2. The van der Waals surface area contributed by atoms with Crippen LogP contribution >= 0.6 is 0 Å². The van der Waals surface area contributed by atoms with Crippen LogP contribution in [0.4, 0.5) is 10.1 Å². The number of hydrogen-bond donors (Lipinski definition) is 1. The first-order valence-electron chi connectivity index (χ1n) is 7.24. The molecule has 1 heterocycles. The van der Waals surface area contributed by atoms with Gasteiger partial charge in [0.1, 0.15) is 5.82 Å². The van der Waals surface area contributed by atoms with E-state index >= 15 is 0 Å². The Morgan fingerprint density at radius 2 is 2.05 bits per heavy atom. The molecule has 1 aliphatic rings. The van der Waals surface area contributed by atoms with Gasteiger partial charge in [0.2, 0.25) is 0 Å². The van der Waals surface area contributed by atoms with Crippen LogP contribution in [0, 0.1) is 11.2 Å². The SMILES string of the molecule is CCC1(CC)CCN(c2c(F)cccc2[C@H](C)O)C1. The third-order valence-corrected chi connectivity index (χ3v) is 4.72. The van der Waals surface area contributed by atoms with Crippen LogP contribution < -0.4 is 4.90 Å². The molecule has 1 aromatic carbocycles. The Morgan fingerprint density at radius 1 is 1.37 bits per heavy atom. The standard InChI is InChI=1S/C16H24FNO/c1-4-16(5-2)9-10-18(11-16)15-13(12(3)19)7-6-8-14(15)17/h6-8,12,19H,4-5,9-11H2,1-3H3/t12-/m0/s1. The Morgan fingerprint density at radius 3 is 2.58 bits per heavy atom. The van der Waals surface area contributed by atoms with Gasteiger partial charge in [-0.25, -0.2) is 4.39 Å². The summed E-state index contributed by atoms with van der Waals surface area (Å²) >= 11 is 0. The van der Waals surface area contributed by atoms with E-state index in [1.165, 1.54) is 6.07 Å². The fourth-order valence-corrected chi connectivity index (χ4v) is 3.16. The van der Waals surface area contributed by atoms with E-state index in [2.05, 4.69) is 18.7 Å². The van der Waals surface area contributed by atoms with Crippen LogP contribution in [0.5, 0.6) is 0 Å². The number of aliphatic hydroxyl groups is 1. The zero-order valence-corrected chi connectivity index (χ0v) is 12.1. The number of para-hydroxylation sites is 1. The minimum atomic E-state index is -0.635. The van der Waals surface area contributed by atoms with E-state index in [0.717, 1.165) is 32.4 Å². The molecular weight excluding hydrogens is 241 g/mol. The second kappa shape index (κ2) is 5.49. The molecule has 1 aromatic rings. The van der Waals surface area contributed by atoms with Crippen molar-refractivity contribution >= 4 is 5.69 Å². The molecule has 1 aliphatic heterocycles. The molecule has 0 aliphatic carbocycles. The lowest BCUT2D eigenvalue weighted by Crippen LogP contribution is -2.27. The molecule has 0 unspecified atom stereocenters. The lowest BCUT2D eigenvalue weighted by atomic mass is 9.82. The molecule has 3 heteroatoms. The Bertz CT molecular complexity index is 440. The maximum absolute atomic E-state index is 14.2. The quantitative estimate of drug-likeness (QED) is 0.892. The van der Waals surface area contributed by atoms with Crippen LogP contribution in [0.2, 0.25) is 0 Å². The summed E-state index contributed by atoms with van der Waals surface area (Å²) in [5.41, 5.74) is 1.60. The maximum atomic E-state index is 14.2. The zero-order chi connectivity index (χ0) is 14.0. The van der Waals surface area contributed by atoms with Gasteiger partial charge in [-0.2, -0.15) is 0 Å². The van der Waals surface area contributed by atoms with Crippen molar-refractivity contribution in [1.82, 2.24) is 0 Å². The lowest BCUT2D eigenvalue weighted by molar-refractivity contribution is 0.199. The van der Waals surface area contributed by atoms with Gasteiger partial charge in [0.15, 0.2) is 0 Å². The van der Waals surface area contributed by atoms with Crippen LogP contribution in [-0.2, 0) is 0 Å². The molecule has 1 fully saturated rings. The Kier molecular flexibility index (Phi) is 4.14. The highest BCUT2D eigenvalue weighted by Crippen LogP contribution is 2.41. The van der Waals surface area contributed by atoms with Crippen molar-refractivity contribution in [1.29, 1.82) is 0 Å². The zero-order valence-electron chi connectivity index (χ0n) is 12.1. The van der Waals surface area contributed by atoms with Gasteiger partial charge in [0, 0.05) is 18.7 Å². The van der Waals surface area contributed by atoms with Gasteiger partial charge in [-0.3, -0.25) is 0 Å². The molecule has 1 saturated heterocycles. The molecule has 0 bridgehead atoms. The van der Waals surface area contributed by atoms with Gasteiger partial charge < -0.3 is 10.0 Å². The molecule has 106 valence electrons. The van der Waals surface area contributed by atoms with Crippen molar-refractivity contribution in [3.05, 3.63) is 29.6 Å². The molecule has 1 atom stereocenters. The average molecular weight is 265 g/mol. The summed E-state index contributed by atoms with van der Waals surface area (Å²) in [6, 6.07) is 4.98. The predicted octanol–water partition coefficient (Wildman–Crippen LogP) is 3.90.